The number of nitrogens with one attached hydrogen (secondary N) is 1. The molecule has 0 radical (unpaired) electrons. The number of quaternary nitrogens is 1. The molecule has 0 aromatic rings. The summed E-state index contributed by atoms with van der Waals surface area (Å²) in [6.07, 6.45) is 54.2. The minimum Gasteiger partial charge on any atom is -0.456 e. The van der Waals surface area contributed by atoms with Crippen LogP contribution in [0.5, 0.6) is 0 Å². The smallest absolute Gasteiger partial charge is 0.456 e. The molecule has 0 rings (SSSR count). The maximum Gasteiger partial charge on any atom is 0.472 e. The number of likely N-dealkylation sites (N-methyl/N-ethyl adjacent to an activating group) is 1. The van der Waals surface area contributed by atoms with Gasteiger partial charge in [0.2, 0.25) is 5.91 Å². The molecule has 0 aliphatic heterocycles. The molecular weight excluding hydrogens is 844 g/mol. The maximum absolute atomic E-state index is 13.5. The molecule has 388 valence electrons. The molecule has 66 heavy (non-hydrogen) atoms. The van der Waals surface area contributed by atoms with Gasteiger partial charge in [0.1, 0.15) is 19.3 Å². The minimum atomic E-state index is -4.44. The van der Waals surface area contributed by atoms with Crippen molar-refractivity contribution >= 4 is 19.7 Å². The summed E-state index contributed by atoms with van der Waals surface area (Å²) in [6.45, 7) is 6.91. The van der Waals surface area contributed by atoms with Crippen molar-refractivity contribution < 1.29 is 37.3 Å². The van der Waals surface area contributed by atoms with E-state index in [9.17, 15) is 19.0 Å². The van der Waals surface area contributed by atoms with E-state index >= 15 is 0 Å². The van der Waals surface area contributed by atoms with Crippen LogP contribution in [0.2, 0.25) is 0 Å². The average Bonchev–Trinajstić information content (AvgIpc) is 3.27. The number of phosphoric acid groups is 1. The van der Waals surface area contributed by atoms with Crippen molar-refractivity contribution in [2.45, 2.75) is 270 Å². The van der Waals surface area contributed by atoms with Crippen molar-refractivity contribution in [2.75, 3.05) is 40.9 Å². The van der Waals surface area contributed by atoms with Gasteiger partial charge in [-0.3, -0.25) is 18.6 Å². The standard InChI is InChI=1S/C56H107N2O7P/c1-7-10-13-16-19-22-25-28-30-33-36-39-42-45-48-55(59)57-53(52-64-66(61,62)63-51-50-58(4,5)6)54(47-44-41-38-35-32-27-24-21-18-15-12-9-3)65-56(60)49-46-43-40-37-34-31-29-26-23-20-17-14-11-8-2/h10,13,19,22,44,47,53-54H,7-9,11-12,14-18,20-21,23-43,45-46,48-52H2,1-6H3,(H-,57,59,61,62)/p+1/b13-10+,22-19+,47-44+. The molecule has 0 aromatic heterocycles. The van der Waals surface area contributed by atoms with Gasteiger partial charge < -0.3 is 19.4 Å². The van der Waals surface area contributed by atoms with Crippen molar-refractivity contribution in [1.82, 2.24) is 5.32 Å². The maximum atomic E-state index is 13.5. The Hall–Kier alpha value is -1.77. The Labute approximate surface area is 408 Å². The van der Waals surface area contributed by atoms with E-state index in [-0.39, 0.29) is 25.1 Å². The van der Waals surface area contributed by atoms with Crippen molar-refractivity contribution in [3.63, 3.8) is 0 Å². The molecule has 0 aliphatic rings. The van der Waals surface area contributed by atoms with Crippen LogP contribution < -0.4 is 5.32 Å². The molecule has 2 N–H and O–H groups in total. The van der Waals surface area contributed by atoms with Crippen LogP contribution in [0.1, 0.15) is 258 Å². The quantitative estimate of drug-likeness (QED) is 0.0205. The molecule has 0 saturated heterocycles. The molecule has 3 unspecified atom stereocenters. The summed E-state index contributed by atoms with van der Waals surface area (Å²) in [4.78, 5) is 37.5. The number of allylic oxidation sites excluding steroid dienone is 5. The normalized spacial score (nSPS) is 14.1. The van der Waals surface area contributed by atoms with Crippen LogP contribution in [0.4, 0.5) is 0 Å². The number of ether oxygens (including phenoxy) is 1. The monoisotopic (exact) mass is 952 g/mol. The van der Waals surface area contributed by atoms with Gasteiger partial charge >= 0.3 is 13.8 Å². The molecule has 0 saturated carbocycles. The summed E-state index contributed by atoms with van der Waals surface area (Å²) >= 11 is 0. The first-order valence-electron chi connectivity index (χ1n) is 27.8. The van der Waals surface area contributed by atoms with Crippen LogP contribution in [-0.2, 0) is 27.9 Å². The van der Waals surface area contributed by atoms with Gasteiger partial charge in [0, 0.05) is 12.8 Å². The van der Waals surface area contributed by atoms with E-state index in [4.69, 9.17) is 13.8 Å². The number of carbonyl (C=O) groups is 2. The van der Waals surface area contributed by atoms with Crippen LogP contribution in [0, 0.1) is 0 Å². The lowest BCUT2D eigenvalue weighted by molar-refractivity contribution is -0.870. The number of phosphoric ester groups is 1. The van der Waals surface area contributed by atoms with E-state index in [1.807, 2.05) is 33.3 Å². The van der Waals surface area contributed by atoms with Gasteiger partial charge in [-0.2, -0.15) is 0 Å². The fraction of sp³-hybridized carbons (Fsp3) is 0.857. The Bertz CT molecular complexity index is 1230. The Kier molecular flexibility index (Phi) is 45.7. The minimum absolute atomic E-state index is 0.0403. The lowest BCUT2D eigenvalue weighted by Crippen LogP contribution is -2.47. The number of carbonyl (C=O) groups excluding carboxylic acids is 2. The second-order valence-electron chi connectivity index (χ2n) is 20.1. The van der Waals surface area contributed by atoms with E-state index in [0.29, 0.717) is 23.9 Å². The highest BCUT2D eigenvalue weighted by atomic mass is 31.2. The predicted octanol–water partition coefficient (Wildman–Crippen LogP) is 16.4. The third-order valence-electron chi connectivity index (χ3n) is 12.3. The molecule has 3 atom stereocenters. The van der Waals surface area contributed by atoms with Crippen molar-refractivity contribution in [3.8, 4) is 0 Å². The van der Waals surface area contributed by atoms with Crippen LogP contribution in [0.3, 0.4) is 0 Å². The van der Waals surface area contributed by atoms with Gasteiger partial charge in [0.15, 0.2) is 0 Å². The largest absolute Gasteiger partial charge is 0.472 e. The van der Waals surface area contributed by atoms with Gasteiger partial charge in [0.25, 0.3) is 0 Å². The molecule has 9 nitrogen and oxygen atoms in total. The number of esters is 1. The fourth-order valence-electron chi connectivity index (χ4n) is 8.04. The second-order valence-corrected chi connectivity index (χ2v) is 21.5. The molecular formula is C56H108N2O7P+. The molecule has 10 heteroatoms. The third kappa shape index (κ3) is 47.3. The Morgan fingerprint density at radius 1 is 0.545 bits per heavy atom. The SMILES string of the molecule is CC/C=C/C/C=C/CCCCCCCCCC(=O)NC(COP(=O)(O)OCC[N+](C)(C)C)C(/C=C/CCCCCCCCCCCC)OC(=O)CCCCCCCCCCCCCCCC. The zero-order chi connectivity index (χ0) is 48.7. The summed E-state index contributed by atoms with van der Waals surface area (Å²) in [5.74, 6) is -0.507. The number of hydrogen-bond donors (Lipinski definition) is 2. The molecule has 1 amide bonds. The number of hydrogen-bond acceptors (Lipinski definition) is 6. The second kappa shape index (κ2) is 46.9. The van der Waals surface area contributed by atoms with Crippen molar-refractivity contribution in [2.24, 2.45) is 0 Å². The zero-order valence-corrected chi connectivity index (χ0v) is 45.1. The Morgan fingerprint density at radius 3 is 1.44 bits per heavy atom. The van der Waals surface area contributed by atoms with Gasteiger partial charge in [0.05, 0.1) is 33.8 Å². The van der Waals surface area contributed by atoms with Gasteiger partial charge in [-0.25, -0.2) is 4.57 Å². The van der Waals surface area contributed by atoms with Gasteiger partial charge in [-0.15, -0.1) is 0 Å². The van der Waals surface area contributed by atoms with Crippen molar-refractivity contribution in [1.29, 1.82) is 0 Å². The van der Waals surface area contributed by atoms with Gasteiger partial charge in [-0.05, 0) is 57.4 Å². The summed E-state index contributed by atoms with van der Waals surface area (Å²) in [5, 5.41) is 3.04. The van der Waals surface area contributed by atoms with Crippen LogP contribution in [0.25, 0.3) is 0 Å². The highest BCUT2D eigenvalue weighted by Gasteiger charge is 2.30. The molecule has 0 aromatic carbocycles. The predicted molar refractivity (Wildman–Crippen MR) is 282 cm³/mol. The number of amides is 1. The van der Waals surface area contributed by atoms with Crippen LogP contribution in [-0.4, -0.2) is 74.3 Å². The van der Waals surface area contributed by atoms with Crippen LogP contribution >= 0.6 is 7.82 Å². The van der Waals surface area contributed by atoms with Crippen molar-refractivity contribution in [3.05, 3.63) is 36.5 Å². The Morgan fingerprint density at radius 2 is 0.970 bits per heavy atom. The first-order valence-corrected chi connectivity index (χ1v) is 29.3. The summed E-state index contributed by atoms with van der Waals surface area (Å²) in [6, 6.07) is -0.846. The topological polar surface area (TPSA) is 111 Å². The highest BCUT2D eigenvalue weighted by Crippen LogP contribution is 2.43. The summed E-state index contributed by atoms with van der Waals surface area (Å²) < 4.78 is 30.6. The lowest BCUT2D eigenvalue weighted by Gasteiger charge is -2.27. The van der Waals surface area contributed by atoms with E-state index in [0.717, 1.165) is 83.5 Å². The molecule has 0 bridgehead atoms. The van der Waals surface area contributed by atoms with E-state index in [1.165, 1.54) is 141 Å². The summed E-state index contributed by atoms with van der Waals surface area (Å²) in [7, 11) is 1.50. The van der Waals surface area contributed by atoms with E-state index < -0.39 is 20.0 Å². The first kappa shape index (κ1) is 64.2. The van der Waals surface area contributed by atoms with Gasteiger partial charge in [-0.1, -0.05) is 225 Å². The first-order chi connectivity index (χ1) is 31.9. The summed E-state index contributed by atoms with van der Waals surface area (Å²) in [5.41, 5.74) is 0. The average molecular weight is 952 g/mol. The molecule has 0 fully saturated rings. The molecule has 0 aliphatic carbocycles. The van der Waals surface area contributed by atoms with Crippen LogP contribution in [0.15, 0.2) is 36.5 Å². The molecule has 0 heterocycles. The number of nitrogens with zero attached hydrogens (tertiary/aromatic N) is 1. The molecule has 0 spiro atoms. The lowest BCUT2D eigenvalue weighted by atomic mass is 10.0. The Balaban J connectivity index is 5.37. The zero-order valence-electron chi connectivity index (χ0n) is 44.2. The highest BCUT2D eigenvalue weighted by molar-refractivity contribution is 7.47. The van der Waals surface area contributed by atoms with E-state index in [1.54, 1.807) is 0 Å². The van der Waals surface area contributed by atoms with E-state index in [2.05, 4.69) is 50.4 Å². The number of rotatable bonds is 50. The fourth-order valence-corrected chi connectivity index (χ4v) is 8.77. The third-order valence-corrected chi connectivity index (χ3v) is 13.3. The number of unbranched alkanes of at least 4 members (excludes halogenated alkanes) is 30.